The highest BCUT2D eigenvalue weighted by Gasteiger charge is 2.17. The molecule has 2 amide bonds. The van der Waals surface area contributed by atoms with Crippen molar-refractivity contribution in [3.05, 3.63) is 35.9 Å². The number of hydrogen-bond donors (Lipinski definition) is 3. The molecule has 1 aromatic rings. The van der Waals surface area contributed by atoms with E-state index in [0.717, 1.165) is 12.0 Å². The fourth-order valence-corrected chi connectivity index (χ4v) is 2.10. The molecule has 0 aliphatic carbocycles. The van der Waals surface area contributed by atoms with Gasteiger partial charge in [-0.15, -0.1) is 0 Å². The van der Waals surface area contributed by atoms with E-state index in [4.69, 9.17) is 5.11 Å². The van der Waals surface area contributed by atoms with Crippen LogP contribution in [0.25, 0.3) is 0 Å². The molecule has 0 aliphatic rings. The molecule has 3 N–H and O–H groups in total. The van der Waals surface area contributed by atoms with Gasteiger partial charge in [0.15, 0.2) is 0 Å². The molecule has 0 saturated heterocycles. The summed E-state index contributed by atoms with van der Waals surface area (Å²) in [5.74, 6) is 0.486. The summed E-state index contributed by atoms with van der Waals surface area (Å²) in [5, 5.41) is 14.9. The van der Waals surface area contributed by atoms with Crippen molar-refractivity contribution in [2.24, 2.45) is 5.92 Å². The molecule has 2 unspecified atom stereocenters. The van der Waals surface area contributed by atoms with Gasteiger partial charge in [0.05, 0.1) is 18.7 Å². The second-order valence-electron chi connectivity index (χ2n) is 5.50. The molecule has 0 aliphatic heterocycles. The van der Waals surface area contributed by atoms with Crippen molar-refractivity contribution in [3.8, 4) is 0 Å². The van der Waals surface area contributed by atoms with Crippen molar-refractivity contribution in [2.45, 2.75) is 45.7 Å². The summed E-state index contributed by atoms with van der Waals surface area (Å²) >= 11 is 0. The minimum absolute atomic E-state index is 0.00704. The molecule has 2 atom stereocenters. The van der Waals surface area contributed by atoms with E-state index in [1.165, 1.54) is 0 Å². The van der Waals surface area contributed by atoms with Crippen LogP contribution in [0.15, 0.2) is 30.3 Å². The Labute approximate surface area is 121 Å². The van der Waals surface area contributed by atoms with Crippen LogP contribution in [0.1, 0.15) is 45.2 Å². The number of amides is 2. The van der Waals surface area contributed by atoms with Crippen LogP contribution in [0, 0.1) is 5.92 Å². The number of rotatable bonds is 7. The lowest BCUT2D eigenvalue weighted by atomic mass is 9.97. The number of benzene rings is 1. The smallest absolute Gasteiger partial charge is 0.315 e. The highest BCUT2D eigenvalue weighted by Crippen LogP contribution is 2.20. The normalized spacial score (nSPS) is 13.8. The summed E-state index contributed by atoms with van der Waals surface area (Å²) in [5.41, 5.74) is 1.10. The molecule has 112 valence electrons. The Morgan fingerprint density at radius 1 is 1.20 bits per heavy atom. The summed E-state index contributed by atoms with van der Waals surface area (Å²) in [6.07, 6.45) is 1.59. The van der Waals surface area contributed by atoms with Gasteiger partial charge in [0, 0.05) is 0 Å². The largest absolute Gasteiger partial charge is 0.394 e. The van der Waals surface area contributed by atoms with E-state index in [0.29, 0.717) is 12.3 Å². The van der Waals surface area contributed by atoms with Crippen LogP contribution in [0.4, 0.5) is 4.79 Å². The topological polar surface area (TPSA) is 61.4 Å². The van der Waals surface area contributed by atoms with Crippen LogP contribution in [0.2, 0.25) is 0 Å². The predicted molar refractivity (Wildman–Crippen MR) is 81.5 cm³/mol. The van der Waals surface area contributed by atoms with Crippen LogP contribution in [0.3, 0.4) is 0 Å². The summed E-state index contributed by atoms with van der Waals surface area (Å²) in [6.45, 7) is 6.17. The molecule has 20 heavy (non-hydrogen) atoms. The van der Waals surface area contributed by atoms with E-state index < -0.39 is 0 Å². The minimum atomic E-state index is -0.222. The Morgan fingerprint density at radius 2 is 1.85 bits per heavy atom. The molecular weight excluding hydrogens is 252 g/mol. The first-order valence-corrected chi connectivity index (χ1v) is 7.29. The van der Waals surface area contributed by atoms with Crippen molar-refractivity contribution in [1.29, 1.82) is 0 Å². The number of aliphatic hydroxyl groups excluding tert-OH is 1. The van der Waals surface area contributed by atoms with Crippen molar-refractivity contribution < 1.29 is 9.90 Å². The quantitative estimate of drug-likeness (QED) is 0.718. The zero-order valence-electron chi connectivity index (χ0n) is 12.6. The Hall–Kier alpha value is -1.55. The van der Waals surface area contributed by atoms with Gasteiger partial charge in [-0.25, -0.2) is 4.79 Å². The molecule has 1 rings (SSSR count). The maximum Gasteiger partial charge on any atom is 0.315 e. The number of hydrogen-bond acceptors (Lipinski definition) is 2. The number of nitrogens with one attached hydrogen (secondary N) is 2. The average molecular weight is 278 g/mol. The summed E-state index contributed by atoms with van der Waals surface area (Å²) in [6, 6.07) is 9.55. The Balaban J connectivity index is 2.68. The number of carbonyl (C=O) groups excluding carboxylic acids is 1. The second kappa shape index (κ2) is 8.59. The monoisotopic (exact) mass is 278 g/mol. The number of urea groups is 1. The van der Waals surface area contributed by atoms with E-state index in [2.05, 4.69) is 24.5 Å². The Morgan fingerprint density at radius 3 is 2.35 bits per heavy atom. The fraction of sp³-hybridized carbons (Fsp3) is 0.562. The number of aliphatic hydroxyl groups is 1. The maximum atomic E-state index is 12.0. The third kappa shape index (κ3) is 5.61. The van der Waals surface area contributed by atoms with Crippen molar-refractivity contribution in [2.75, 3.05) is 6.61 Å². The van der Waals surface area contributed by atoms with E-state index in [9.17, 15) is 4.79 Å². The molecule has 0 aromatic heterocycles. The average Bonchev–Trinajstić information content (AvgIpc) is 2.44. The van der Waals surface area contributed by atoms with Crippen LogP contribution < -0.4 is 10.6 Å². The highest BCUT2D eigenvalue weighted by atomic mass is 16.3. The lowest BCUT2D eigenvalue weighted by Crippen LogP contribution is -2.45. The first kappa shape index (κ1) is 16.5. The fourth-order valence-electron chi connectivity index (χ4n) is 2.10. The Bertz CT molecular complexity index is 389. The first-order valence-electron chi connectivity index (χ1n) is 7.29. The SMILES string of the molecule is CCC(CO)NC(=O)NC(CC(C)C)c1ccccc1. The van der Waals surface area contributed by atoms with Crippen LogP contribution in [0.5, 0.6) is 0 Å². The third-order valence-corrected chi connectivity index (χ3v) is 3.26. The van der Waals surface area contributed by atoms with Gasteiger partial charge in [-0.2, -0.15) is 0 Å². The third-order valence-electron chi connectivity index (χ3n) is 3.26. The molecule has 0 bridgehead atoms. The Kier molecular flexibility index (Phi) is 7.09. The predicted octanol–water partition coefficient (Wildman–Crippen LogP) is 2.84. The molecule has 0 spiro atoms. The van der Waals surface area contributed by atoms with E-state index in [1.807, 2.05) is 37.3 Å². The minimum Gasteiger partial charge on any atom is -0.394 e. The summed E-state index contributed by atoms with van der Waals surface area (Å²) in [4.78, 5) is 12.0. The van der Waals surface area contributed by atoms with Gasteiger partial charge in [0.25, 0.3) is 0 Å². The van der Waals surface area contributed by atoms with Gasteiger partial charge >= 0.3 is 6.03 Å². The van der Waals surface area contributed by atoms with Crippen LogP contribution in [-0.2, 0) is 0 Å². The molecule has 4 nitrogen and oxygen atoms in total. The molecule has 0 fully saturated rings. The van der Waals surface area contributed by atoms with Gasteiger partial charge < -0.3 is 15.7 Å². The van der Waals surface area contributed by atoms with Gasteiger partial charge in [0.1, 0.15) is 0 Å². The molecule has 0 heterocycles. The van der Waals surface area contributed by atoms with Gasteiger partial charge in [0.2, 0.25) is 0 Å². The van der Waals surface area contributed by atoms with Gasteiger partial charge in [-0.05, 0) is 24.3 Å². The molecule has 4 heteroatoms. The summed E-state index contributed by atoms with van der Waals surface area (Å²) < 4.78 is 0. The van der Waals surface area contributed by atoms with Gasteiger partial charge in [-0.3, -0.25) is 0 Å². The van der Waals surface area contributed by atoms with Crippen molar-refractivity contribution in [1.82, 2.24) is 10.6 Å². The second-order valence-corrected chi connectivity index (χ2v) is 5.50. The highest BCUT2D eigenvalue weighted by molar-refractivity contribution is 5.74. The zero-order chi connectivity index (χ0) is 15.0. The van der Waals surface area contributed by atoms with E-state index in [1.54, 1.807) is 0 Å². The maximum absolute atomic E-state index is 12.0. The zero-order valence-corrected chi connectivity index (χ0v) is 12.6. The lowest BCUT2D eigenvalue weighted by molar-refractivity contribution is 0.210. The molecule has 1 aromatic carbocycles. The van der Waals surface area contributed by atoms with Crippen molar-refractivity contribution >= 4 is 6.03 Å². The van der Waals surface area contributed by atoms with Crippen LogP contribution >= 0.6 is 0 Å². The number of carbonyl (C=O) groups is 1. The lowest BCUT2D eigenvalue weighted by Gasteiger charge is -2.23. The molecule has 0 radical (unpaired) electrons. The van der Waals surface area contributed by atoms with Gasteiger partial charge in [-0.1, -0.05) is 51.1 Å². The van der Waals surface area contributed by atoms with Crippen molar-refractivity contribution in [3.63, 3.8) is 0 Å². The van der Waals surface area contributed by atoms with E-state index in [-0.39, 0.29) is 24.7 Å². The standard InChI is InChI=1S/C16H26N2O2/c1-4-14(11-19)17-16(20)18-15(10-12(2)3)13-8-6-5-7-9-13/h5-9,12,14-15,19H,4,10-11H2,1-3H3,(H2,17,18,20). The molecular formula is C16H26N2O2. The summed E-state index contributed by atoms with van der Waals surface area (Å²) in [7, 11) is 0. The first-order chi connectivity index (χ1) is 9.56. The van der Waals surface area contributed by atoms with Crippen LogP contribution in [-0.4, -0.2) is 23.8 Å². The van der Waals surface area contributed by atoms with E-state index >= 15 is 0 Å². The molecule has 0 saturated carbocycles.